The first-order chi connectivity index (χ1) is 6.83. The van der Waals surface area contributed by atoms with Gasteiger partial charge in [0.15, 0.2) is 0 Å². The average Bonchev–Trinajstić information content (AvgIpc) is 2.66. The number of nitrogens with zero attached hydrogens (tertiary/aromatic N) is 1. The van der Waals surface area contributed by atoms with Gasteiger partial charge in [-0.15, -0.1) is 0 Å². The van der Waals surface area contributed by atoms with E-state index in [0.29, 0.717) is 6.04 Å². The Morgan fingerprint density at radius 2 is 2.50 bits per heavy atom. The molecule has 2 heterocycles. The van der Waals surface area contributed by atoms with Crippen LogP contribution in [0.15, 0.2) is 23.1 Å². The standard InChI is InChI=1S/C11H16N2O/c1-2-13-8-4-6-10(13)9-5-3-7-12-11(9)14/h3,5,7,10H,2,4,6,8H2,1H3,(H,12,14)/t10-/m0/s1. The van der Waals surface area contributed by atoms with Crippen LogP contribution in [-0.4, -0.2) is 23.0 Å². The van der Waals surface area contributed by atoms with E-state index in [1.807, 2.05) is 12.1 Å². The second-order valence-electron chi connectivity index (χ2n) is 3.74. The van der Waals surface area contributed by atoms with Gasteiger partial charge in [-0.25, -0.2) is 0 Å². The van der Waals surface area contributed by atoms with Crippen LogP contribution in [0.3, 0.4) is 0 Å². The lowest BCUT2D eigenvalue weighted by Crippen LogP contribution is -2.27. The lowest BCUT2D eigenvalue weighted by atomic mass is 10.1. The van der Waals surface area contributed by atoms with Crippen molar-refractivity contribution in [2.24, 2.45) is 0 Å². The molecular weight excluding hydrogens is 176 g/mol. The summed E-state index contributed by atoms with van der Waals surface area (Å²) in [5.74, 6) is 0. The molecule has 0 unspecified atom stereocenters. The molecule has 1 fully saturated rings. The molecule has 3 heteroatoms. The number of hydrogen-bond acceptors (Lipinski definition) is 2. The number of aromatic amines is 1. The highest BCUT2D eigenvalue weighted by molar-refractivity contribution is 5.15. The lowest BCUT2D eigenvalue weighted by Gasteiger charge is -2.21. The fourth-order valence-corrected chi connectivity index (χ4v) is 2.25. The van der Waals surface area contributed by atoms with E-state index < -0.39 is 0 Å². The molecule has 1 aliphatic rings. The molecule has 1 atom stereocenters. The van der Waals surface area contributed by atoms with Crippen molar-refractivity contribution in [2.45, 2.75) is 25.8 Å². The topological polar surface area (TPSA) is 36.1 Å². The third kappa shape index (κ3) is 1.60. The third-order valence-corrected chi connectivity index (χ3v) is 2.98. The van der Waals surface area contributed by atoms with E-state index in [9.17, 15) is 4.79 Å². The molecule has 0 radical (unpaired) electrons. The minimum atomic E-state index is 0.0675. The fourth-order valence-electron chi connectivity index (χ4n) is 2.25. The highest BCUT2D eigenvalue weighted by atomic mass is 16.1. The van der Waals surface area contributed by atoms with Gasteiger partial charge in [0.2, 0.25) is 0 Å². The van der Waals surface area contributed by atoms with Crippen LogP contribution < -0.4 is 5.56 Å². The SMILES string of the molecule is CCN1CCC[C@H]1c1ccc[nH]c1=O. The fraction of sp³-hybridized carbons (Fsp3) is 0.545. The number of H-pyrrole nitrogens is 1. The van der Waals surface area contributed by atoms with Gasteiger partial charge in [0.1, 0.15) is 0 Å². The van der Waals surface area contributed by atoms with Crippen LogP contribution in [0.4, 0.5) is 0 Å². The summed E-state index contributed by atoms with van der Waals surface area (Å²) in [5, 5.41) is 0. The van der Waals surface area contributed by atoms with Crippen LogP contribution >= 0.6 is 0 Å². The quantitative estimate of drug-likeness (QED) is 0.771. The van der Waals surface area contributed by atoms with Crippen molar-refractivity contribution in [3.8, 4) is 0 Å². The summed E-state index contributed by atoms with van der Waals surface area (Å²) in [6.07, 6.45) is 4.00. The molecule has 0 aliphatic carbocycles. The summed E-state index contributed by atoms with van der Waals surface area (Å²) in [4.78, 5) is 16.7. The Bertz CT molecular complexity index is 358. The molecule has 1 aromatic heterocycles. The Morgan fingerprint density at radius 3 is 3.21 bits per heavy atom. The molecule has 14 heavy (non-hydrogen) atoms. The number of aromatic nitrogens is 1. The van der Waals surface area contributed by atoms with E-state index in [2.05, 4.69) is 16.8 Å². The van der Waals surface area contributed by atoms with E-state index in [-0.39, 0.29) is 5.56 Å². The number of hydrogen-bond donors (Lipinski definition) is 1. The number of rotatable bonds is 2. The predicted molar refractivity (Wildman–Crippen MR) is 56.3 cm³/mol. The highest BCUT2D eigenvalue weighted by Gasteiger charge is 2.25. The Labute approximate surface area is 83.8 Å². The lowest BCUT2D eigenvalue weighted by molar-refractivity contribution is 0.270. The van der Waals surface area contributed by atoms with Crippen molar-refractivity contribution in [1.82, 2.24) is 9.88 Å². The van der Waals surface area contributed by atoms with Gasteiger partial charge in [-0.2, -0.15) is 0 Å². The van der Waals surface area contributed by atoms with Crippen molar-refractivity contribution < 1.29 is 0 Å². The highest BCUT2D eigenvalue weighted by Crippen LogP contribution is 2.28. The third-order valence-electron chi connectivity index (χ3n) is 2.98. The molecule has 3 nitrogen and oxygen atoms in total. The van der Waals surface area contributed by atoms with Gasteiger partial charge in [-0.3, -0.25) is 9.69 Å². The van der Waals surface area contributed by atoms with Gasteiger partial charge >= 0.3 is 0 Å². The van der Waals surface area contributed by atoms with Gasteiger partial charge in [0.25, 0.3) is 5.56 Å². The van der Waals surface area contributed by atoms with Crippen LogP contribution in [0.25, 0.3) is 0 Å². The maximum atomic E-state index is 11.6. The van der Waals surface area contributed by atoms with Crippen molar-refractivity contribution in [3.05, 3.63) is 34.2 Å². The molecule has 0 aromatic carbocycles. The van der Waals surface area contributed by atoms with Crippen LogP contribution in [0.1, 0.15) is 31.4 Å². The Balaban J connectivity index is 2.30. The normalized spacial score (nSPS) is 22.8. The van der Waals surface area contributed by atoms with E-state index in [4.69, 9.17) is 0 Å². The average molecular weight is 192 g/mol. The van der Waals surface area contributed by atoms with Crippen molar-refractivity contribution >= 4 is 0 Å². The summed E-state index contributed by atoms with van der Waals surface area (Å²) in [6.45, 7) is 4.30. The Hall–Kier alpha value is -1.09. The first kappa shape index (κ1) is 9.46. The number of likely N-dealkylation sites (tertiary alicyclic amines) is 1. The van der Waals surface area contributed by atoms with E-state index in [0.717, 1.165) is 25.1 Å². The summed E-state index contributed by atoms with van der Waals surface area (Å²) < 4.78 is 0. The van der Waals surface area contributed by atoms with E-state index >= 15 is 0 Å². The summed E-state index contributed by atoms with van der Waals surface area (Å²) in [7, 11) is 0. The number of nitrogens with one attached hydrogen (secondary N) is 1. The van der Waals surface area contributed by atoms with Gasteiger partial charge < -0.3 is 4.98 Å². The van der Waals surface area contributed by atoms with Crippen molar-refractivity contribution in [1.29, 1.82) is 0 Å². The minimum Gasteiger partial charge on any atom is -0.329 e. The zero-order chi connectivity index (χ0) is 9.97. The predicted octanol–water partition coefficient (Wildman–Crippen LogP) is 1.53. The smallest absolute Gasteiger partial charge is 0.252 e. The molecule has 76 valence electrons. The number of pyridine rings is 1. The maximum absolute atomic E-state index is 11.6. The zero-order valence-corrected chi connectivity index (χ0v) is 8.49. The molecule has 2 rings (SSSR count). The second kappa shape index (κ2) is 3.96. The molecule has 1 aromatic rings. The Kier molecular flexibility index (Phi) is 2.68. The molecule has 1 aliphatic heterocycles. The van der Waals surface area contributed by atoms with Crippen LogP contribution in [0, 0.1) is 0 Å². The van der Waals surface area contributed by atoms with Crippen molar-refractivity contribution in [3.63, 3.8) is 0 Å². The summed E-state index contributed by atoms with van der Waals surface area (Å²) in [5.41, 5.74) is 0.990. The largest absolute Gasteiger partial charge is 0.329 e. The van der Waals surface area contributed by atoms with Gasteiger partial charge in [0, 0.05) is 17.8 Å². The maximum Gasteiger partial charge on any atom is 0.252 e. The van der Waals surface area contributed by atoms with Gasteiger partial charge in [-0.05, 0) is 32.0 Å². The molecular formula is C11H16N2O. The van der Waals surface area contributed by atoms with Gasteiger partial charge in [0.05, 0.1) is 0 Å². The molecule has 1 N–H and O–H groups in total. The van der Waals surface area contributed by atoms with Crippen LogP contribution in [-0.2, 0) is 0 Å². The van der Waals surface area contributed by atoms with E-state index in [1.165, 1.54) is 6.42 Å². The van der Waals surface area contributed by atoms with Crippen molar-refractivity contribution in [2.75, 3.05) is 13.1 Å². The summed E-state index contributed by atoms with van der Waals surface area (Å²) >= 11 is 0. The Morgan fingerprint density at radius 1 is 1.64 bits per heavy atom. The van der Waals surface area contributed by atoms with Gasteiger partial charge in [-0.1, -0.05) is 13.0 Å². The molecule has 0 saturated carbocycles. The summed E-state index contributed by atoms with van der Waals surface area (Å²) in [6, 6.07) is 4.19. The molecule has 0 spiro atoms. The van der Waals surface area contributed by atoms with E-state index in [1.54, 1.807) is 6.20 Å². The minimum absolute atomic E-state index is 0.0675. The van der Waals surface area contributed by atoms with Crippen LogP contribution in [0.5, 0.6) is 0 Å². The molecule has 1 saturated heterocycles. The van der Waals surface area contributed by atoms with Crippen LogP contribution in [0.2, 0.25) is 0 Å². The first-order valence-corrected chi connectivity index (χ1v) is 5.24. The first-order valence-electron chi connectivity index (χ1n) is 5.24. The second-order valence-corrected chi connectivity index (χ2v) is 3.74. The molecule has 0 bridgehead atoms. The monoisotopic (exact) mass is 192 g/mol. The molecule has 0 amide bonds. The zero-order valence-electron chi connectivity index (χ0n) is 8.49.